The molecule has 0 radical (unpaired) electrons. The average Bonchev–Trinajstić information content (AvgIpc) is 2.53. The predicted octanol–water partition coefficient (Wildman–Crippen LogP) is 3.55. The van der Waals surface area contributed by atoms with E-state index < -0.39 is 5.54 Å². The van der Waals surface area contributed by atoms with Gasteiger partial charge in [0.1, 0.15) is 18.0 Å². The highest BCUT2D eigenvalue weighted by Gasteiger charge is 2.29. The van der Waals surface area contributed by atoms with Gasteiger partial charge in [-0.15, -0.1) is 0 Å². The summed E-state index contributed by atoms with van der Waals surface area (Å²) in [5.74, 6) is 0.538. The molecule has 1 aliphatic rings. The van der Waals surface area contributed by atoms with E-state index in [1.54, 1.807) is 0 Å². The third kappa shape index (κ3) is 3.84. The minimum Gasteiger partial charge on any atom is -0.386 e. The van der Waals surface area contributed by atoms with Gasteiger partial charge in [0.15, 0.2) is 0 Å². The van der Waals surface area contributed by atoms with Crippen LogP contribution in [-0.2, 0) is 16.8 Å². The zero-order valence-corrected chi connectivity index (χ0v) is 13.8. The van der Waals surface area contributed by atoms with Crippen LogP contribution in [0.2, 0.25) is 5.02 Å². The van der Waals surface area contributed by atoms with Crippen LogP contribution >= 0.6 is 11.6 Å². The van der Waals surface area contributed by atoms with E-state index in [-0.39, 0.29) is 0 Å². The van der Waals surface area contributed by atoms with Gasteiger partial charge in [0, 0.05) is 17.3 Å². The summed E-state index contributed by atoms with van der Waals surface area (Å²) in [6.07, 6.45) is 0. The van der Waals surface area contributed by atoms with Crippen LogP contribution in [0, 0.1) is 0 Å². The summed E-state index contributed by atoms with van der Waals surface area (Å²) < 4.78 is 5.54. The second-order valence-electron chi connectivity index (χ2n) is 5.93. The summed E-state index contributed by atoms with van der Waals surface area (Å²) in [6, 6.07) is 16.0. The lowest BCUT2D eigenvalue weighted by molar-refractivity contribution is 0.106. The first-order chi connectivity index (χ1) is 11.0. The molecule has 1 atom stereocenters. The fourth-order valence-corrected chi connectivity index (χ4v) is 2.91. The van der Waals surface area contributed by atoms with Gasteiger partial charge in [-0.3, -0.25) is 4.99 Å². The van der Waals surface area contributed by atoms with Crippen LogP contribution in [0.5, 0.6) is 0 Å². The number of rotatable bonds is 4. The topological polar surface area (TPSA) is 59.6 Å². The number of amidine groups is 1. The summed E-state index contributed by atoms with van der Waals surface area (Å²) in [5, 5.41) is 4.16. The fraction of sp³-hybridized carbons (Fsp3) is 0.278. The molecule has 120 valence electrons. The molecule has 0 unspecified atom stereocenters. The maximum absolute atomic E-state index is 6.02. The van der Waals surface area contributed by atoms with Crippen LogP contribution in [0.15, 0.2) is 53.5 Å². The van der Waals surface area contributed by atoms with Crippen LogP contribution in [0.1, 0.15) is 18.1 Å². The van der Waals surface area contributed by atoms with Crippen LogP contribution in [0.3, 0.4) is 0 Å². The number of nitrogens with one attached hydrogen (secondary N) is 1. The van der Waals surface area contributed by atoms with Gasteiger partial charge in [0.2, 0.25) is 0 Å². The van der Waals surface area contributed by atoms with E-state index >= 15 is 0 Å². The summed E-state index contributed by atoms with van der Waals surface area (Å²) in [4.78, 5) is 4.58. The van der Waals surface area contributed by atoms with Crippen molar-refractivity contribution in [1.29, 1.82) is 0 Å². The maximum atomic E-state index is 6.02. The molecule has 23 heavy (non-hydrogen) atoms. The van der Waals surface area contributed by atoms with Gasteiger partial charge in [0.25, 0.3) is 0 Å². The lowest BCUT2D eigenvalue weighted by atomic mass is 9.92. The van der Waals surface area contributed by atoms with Crippen LogP contribution in [-0.4, -0.2) is 19.0 Å². The molecule has 0 saturated carbocycles. The van der Waals surface area contributed by atoms with Crippen molar-refractivity contribution in [3.8, 4) is 0 Å². The normalized spacial score (nSPS) is 20.9. The standard InChI is InChI=1S/C18H20ClN3O/c1-18(12-23-11-17(20)22-18)14-5-3-7-16(9-14)21-10-13-4-2-6-15(19)8-13/h2-9,21H,10-12H2,1H3,(H2,20,22)/t18-/m1/s1. The Labute approximate surface area is 141 Å². The van der Waals surface area contributed by atoms with Crippen molar-refractivity contribution in [3.05, 3.63) is 64.7 Å². The lowest BCUT2D eigenvalue weighted by Gasteiger charge is -2.30. The molecule has 4 nitrogen and oxygen atoms in total. The van der Waals surface area contributed by atoms with Crippen molar-refractivity contribution < 1.29 is 4.74 Å². The third-order valence-electron chi connectivity index (χ3n) is 3.89. The van der Waals surface area contributed by atoms with Crippen molar-refractivity contribution in [2.45, 2.75) is 19.0 Å². The van der Waals surface area contributed by atoms with Crippen molar-refractivity contribution in [2.75, 3.05) is 18.5 Å². The van der Waals surface area contributed by atoms with Crippen LogP contribution in [0.4, 0.5) is 5.69 Å². The van der Waals surface area contributed by atoms with Gasteiger partial charge in [0.05, 0.1) is 6.61 Å². The van der Waals surface area contributed by atoms with Crippen molar-refractivity contribution in [1.82, 2.24) is 0 Å². The maximum Gasteiger partial charge on any atom is 0.121 e. The number of aliphatic imine (C=N–C) groups is 1. The zero-order valence-electron chi connectivity index (χ0n) is 13.1. The molecule has 2 aromatic carbocycles. The number of halogens is 1. The fourth-order valence-electron chi connectivity index (χ4n) is 2.70. The van der Waals surface area contributed by atoms with E-state index in [0.717, 1.165) is 21.8 Å². The number of nitrogens with two attached hydrogens (primary N) is 1. The number of ether oxygens (including phenoxy) is 1. The van der Waals surface area contributed by atoms with E-state index in [1.165, 1.54) is 0 Å². The Balaban J connectivity index is 1.76. The highest BCUT2D eigenvalue weighted by Crippen LogP contribution is 2.30. The average molecular weight is 330 g/mol. The number of nitrogens with zero attached hydrogens (tertiary/aromatic N) is 1. The highest BCUT2D eigenvalue weighted by atomic mass is 35.5. The quantitative estimate of drug-likeness (QED) is 0.901. The van der Waals surface area contributed by atoms with Crippen molar-refractivity contribution >= 4 is 23.1 Å². The first-order valence-corrected chi connectivity index (χ1v) is 7.94. The van der Waals surface area contributed by atoms with E-state index in [9.17, 15) is 0 Å². The van der Waals surface area contributed by atoms with Gasteiger partial charge in [-0.2, -0.15) is 0 Å². The Bertz CT molecular complexity index is 732. The second-order valence-corrected chi connectivity index (χ2v) is 6.37. The molecule has 1 aliphatic heterocycles. The summed E-state index contributed by atoms with van der Waals surface area (Å²) in [5.41, 5.74) is 8.64. The second kappa shape index (κ2) is 6.60. The number of hydrogen-bond acceptors (Lipinski definition) is 4. The van der Waals surface area contributed by atoms with Crippen LogP contribution < -0.4 is 11.1 Å². The van der Waals surface area contributed by atoms with Gasteiger partial charge in [-0.25, -0.2) is 0 Å². The van der Waals surface area contributed by atoms with Gasteiger partial charge in [-0.05, 0) is 42.3 Å². The van der Waals surface area contributed by atoms with Crippen molar-refractivity contribution in [2.24, 2.45) is 10.7 Å². The van der Waals surface area contributed by atoms with Gasteiger partial charge in [-0.1, -0.05) is 35.9 Å². The molecular formula is C18H20ClN3O. The van der Waals surface area contributed by atoms with Gasteiger partial charge >= 0.3 is 0 Å². The van der Waals surface area contributed by atoms with E-state index in [1.807, 2.05) is 43.3 Å². The molecule has 0 aromatic heterocycles. The highest BCUT2D eigenvalue weighted by molar-refractivity contribution is 6.30. The minimum atomic E-state index is -0.434. The zero-order chi connectivity index (χ0) is 16.3. The van der Waals surface area contributed by atoms with E-state index in [0.29, 0.717) is 25.6 Å². The molecule has 0 bridgehead atoms. The molecule has 0 aliphatic carbocycles. The summed E-state index contributed by atoms with van der Waals surface area (Å²) in [7, 11) is 0. The Morgan fingerprint density at radius 2 is 2.09 bits per heavy atom. The Kier molecular flexibility index (Phi) is 4.55. The number of anilines is 1. The first kappa shape index (κ1) is 15.8. The molecule has 1 heterocycles. The molecular weight excluding hydrogens is 310 g/mol. The minimum absolute atomic E-state index is 0.405. The monoisotopic (exact) mass is 329 g/mol. The molecule has 0 fully saturated rings. The summed E-state index contributed by atoms with van der Waals surface area (Å²) >= 11 is 6.02. The molecule has 3 rings (SSSR count). The molecule has 0 spiro atoms. The molecule has 2 aromatic rings. The largest absolute Gasteiger partial charge is 0.386 e. The van der Waals surface area contributed by atoms with E-state index in [4.69, 9.17) is 22.1 Å². The SMILES string of the molecule is C[C@]1(c2cccc(NCc3cccc(Cl)c3)c2)COCC(N)=N1. The van der Waals surface area contributed by atoms with Crippen LogP contribution in [0.25, 0.3) is 0 Å². The van der Waals surface area contributed by atoms with E-state index in [2.05, 4.69) is 22.4 Å². The number of hydrogen-bond donors (Lipinski definition) is 2. The number of benzene rings is 2. The predicted molar refractivity (Wildman–Crippen MR) is 95.0 cm³/mol. The molecule has 3 N–H and O–H groups in total. The molecule has 5 heteroatoms. The third-order valence-corrected chi connectivity index (χ3v) is 4.13. The Morgan fingerprint density at radius 3 is 2.87 bits per heavy atom. The lowest BCUT2D eigenvalue weighted by Crippen LogP contribution is -2.37. The van der Waals surface area contributed by atoms with Gasteiger partial charge < -0.3 is 15.8 Å². The Morgan fingerprint density at radius 1 is 1.26 bits per heavy atom. The summed E-state index contributed by atoms with van der Waals surface area (Å²) in [6.45, 7) is 3.69. The molecule has 0 amide bonds. The molecule has 0 saturated heterocycles. The Hall–Kier alpha value is -2.04. The smallest absolute Gasteiger partial charge is 0.121 e. The first-order valence-electron chi connectivity index (χ1n) is 7.56. The van der Waals surface area contributed by atoms with Crippen molar-refractivity contribution in [3.63, 3.8) is 0 Å².